The molecule has 3 aliphatic rings. The SMILES string of the molecule is CN(C)c1ccc2c(c1O)C(=O)C1=C(O)[C@]3(O)C(=O)C(C(N)=O)=C(O)[C@@H](N(C)C)[C@]3(C)C[C@]1(C)C2. The smallest absolute Gasteiger partial charge is 0.255 e. The van der Waals surface area contributed by atoms with Crippen LogP contribution in [0.15, 0.2) is 34.8 Å². The summed E-state index contributed by atoms with van der Waals surface area (Å²) in [6.45, 7) is 3.27. The third-order valence-electron chi connectivity index (χ3n) is 7.96. The summed E-state index contributed by atoms with van der Waals surface area (Å²) in [6.07, 6.45) is 0.226. The lowest BCUT2D eigenvalue weighted by Crippen LogP contribution is -2.70. The number of aliphatic hydroxyl groups excluding tert-OH is 2. The number of benzene rings is 1. The molecule has 0 heterocycles. The van der Waals surface area contributed by atoms with Crippen LogP contribution in [0.4, 0.5) is 5.69 Å². The van der Waals surface area contributed by atoms with Gasteiger partial charge in [-0.25, -0.2) is 0 Å². The first-order chi connectivity index (χ1) is 16.0. The average Bonchev–Trinajstić information content (AvgIpc) is 2.69. The number of aromatic hydroxyl groups is 1. The molecule has 0 saturated carbocycles. The molecule has 0 saturated heterocycles. The second-order valence-electron chi connectivity index (χ2n) is 10.8. The zero-order valence-electron chi connectivity index (χ0n) is 20.6. The first-order valence-electron chi connectivity index (χ1n) is 11.2. The third-order valence-corrected chi connectivity index (χ3v) is 7.96. The van der Waals surface area contributed by atoms with Crippen molar-refractivity contribution in [1.82, 2.24) is 4.90 Å². The number of aliphatic hydroxyl groups is 3. The van der Waals surface area contributed by atoms with Crippen molar-refractivity contribution in [3.05, 3.63) is 45.9 Å². The number of Topliss-reactive ketones (excluding diaryl/α,β-unsaturated/α-hetero) is 2. The molecule has 0 radical (unpaired) electrons. The van der Waals surface area contributed by atoms with E-state index in [0.717, 1.165) is 0 Å². The molecule has 4 rings (SSSR count). The van der Waals surface area contributed by atoms with E-state index in [-0.39, 0.29) is 29.7 Å². The molecule has 188 valence electrons. The molecule has 10 nitrogen and oxygen atoms in total. The normalized spacial score (nSPS) is 32.4. The Morgan fingerprint density at radius 1 is 1.09 bits per heavy atom. The number of nitrogens with two attached hydrogens (primary N) is 1. The van der Waals surface area contributed by atoms with Crippen LogP contribution in [0.5, 0.6) is 5.75 Å². The standard InChI is InChI=1S/C25H31N3O7/c1-23-9-11-7-8-12(27(3)4)16(29)13(11)17(30)15(23)21(33)25(35)20(32)14(22(26)34)18(31)19(28(5)6)24(25,2)10-23/h7-8,19,29,31,33,35H,9-10H2,1-6H3,(H2,26,34)/t19-,23+,24+,25-/m1/s1. The molecule has 0 unspecified atom stereocenters. The van der Waals surface area contributed by atoms with Gasteiger partial charge in [-0.1, -0.05) is 19.9 Å². The van der Waals surface area contributed by atoms with Crippen molar-refractivity contribution in [3.8, 4) is 5.75 Å². The number of phenolic OH excluding ortho intramolecular Hbond substituents is 1. The Hall–Kier alpha value is -3.37. The topological polar surface area (TPSA) is 165 Å². The van der Waals surface area contributed by atoms with Crippen LogP contribution in [0.25, 0.3) is 0 Å². The number of amides is 1. The first kappa shape index (κ1) is 24.7. The van der Waals surface area contributed by atoms with Crippen molar-refractivity contribution < 1.29 is 34.8 Å². The van der Waals surface area contributed by atoms with Crippen molar-refractivity contribution in [3.63, 3.8) is 0 Å². The lowest BCUT2D eigenvalue weighted by Gasteiger charge is -2.59. The van der Waals surface area contributed by atoms with Crippen molar-refractivity contribution >= 4 is 23.2 Å². The highest BCUT2D eigenvalue weighted by Crippen LogP contribution is 2.62. The number of likely N-dealkylation sites (N-methyl/N-ethyl adjacent to an activating group) is 1. The Morgan fingerprint density at radius 2 is 1.69 bits per heavy atom. The molecule has 0 aromatic heterocycles. The molecular formula is C25H31N3O7. The summed E-state index contributed by atoms with van der Waals surface area (Å²) in [6, 6.07) is 2.36. The Labute approximate surface area is 202 Å². The van der Waals surface area contributed by atoms with Gasteiger partial charge in [0.05, 0.1) is 17.3 Å². The van der Waals surface area contributed by atoms with Gasteiger partial charge in [-0.05, 0) is 38.6 Å². The van der Waals surface area contributed by atoms with Crippen LogP contribution in [0.2, 0.25) is 0 Å². The van der Waals surface area contributed by atoms with Gasteiger partial charge in [-0.3, -0.25) is 19.3 Å². The highest BCUT2D eigenvalue weighted by Gasteiger charge is 2.71. The van der Waals surface area contributed by atoms with Crippen LogP contribution in [-0.4, -0.2) is 82.6 Å². The van der Waals surface area contributed by atoms with Crippen molar-refractivity contribution in [1.29, 1.82) is 0 Å². The number of carbonyl (C=O) groups is 3. The summed E-state index contributed by atoms with van der Waals surface area (Å²) in [4.78, 5) is 42.6. The fourth-order valence-electron chi connectivity index (χ4n) is 6.68. The van der Waals surface area contributed by atoms with Crippen LogP contribution in [-0.2, 0) is 16.0 Å². The Bertz CT molecular complexity index is 1260. The van der Waals surface area contributed by atoms with E-state index in [0.29, 0.717) is 11.3 Å². The number of phenols is 1. The van der Waals surface area contributed by atoms with Gasteiger partial charge in [-0.2, -0.15) is 0 Å². The lowest BCUT2D eigenvalue weighted by molar-refractivity contribution is -0.169. The van der Waals surface area contributed by atoms with E-state index >= 15 is 0 Å². The van der Waals surface area contributed by atoms with Gasteiger partial charge in [0.2, 0.25) is 5.78 Å². The van der Waals surface area contributed by atoms with E-state index in [4.69, 9.17) is 5.73 Å². The number of fused-ring (bicyclic) bond motifs is 3. The lowest BCUT2D eigenvalue weighted by atomic mass is 9.47. The van der Waals surface area contributed by atoms with E-state index in [1.54, 1.807) is 52.1 Å². The van der Waals surface area contributed by atoms with Crippen molar-refractivity contribution in [2.45, 2.75) is 38.3 Å². The zero-order chi connectivity index (χ0) is 26.4. The van der Waals surface area contributed by atoms with Gasteiger partial charge in [0.15, 0.2) is 11.4 Å². The molecule has 1 aromatic carbocycles. The maximum Gasteiger partial charge on any atom is 0.255 e. The summed E-state index contributed by atoms with van der Waals surface area (Å²) in [7, 11) is 6.61. The van der Waals surface area contributed by atoms with E-state index < -0.39 is 57.0 Å². The van der Waals surface area contributed by atoms with Gasteiger partial charge in [0, 0.05) is 30.5 Å². The number of hydrogen-bond acceptors (Lipinski definition) is 9. The summed E-state index contributed by atoms with van der Waals surface area (Å²) >= 11 is 0. The number of carbonyl (C=O) groups excluding carboxylic acids is 3. The maximum atomic E-state index is 13.8. The molecule has 0 fully saturated rings. The summed E-state index contributed by atoms with van der Waals surface area (Å²) in [5.41, 5.74) is 0.000790. The monoisotopic (exact) mass is 485 g/mol. The number of nitrogens with zero attached hydrogens (tertiary/aromatic N) is 2. The Kier molecular flexibility index (Phi) is 5.17. The molecule has 1 amide bonds. The second-order valence-corrected chi connectivity index (χ2v) is 10.8. The first-order valence-corrected chi connectivity index (χ1v) is 11.2. The highest BCUT2D eigenvalue weighted by molar-refractivity contribution is 6.25. The van der Waals surface area contributed by atoms with E-state index in [1.165, 1.54) is 11.8 Å². The summed E-state index contributed by atoms with van der Waals surface area (Å²) < 4.78 is 0. The number of allylic oxidation sites excluding steroid dienone is 1. The predicted molar refractivity (Wildman–Crippen MR) is 127 cm³/mol. The third kappa shape index (κ3) is 2.86. The van der Waals surface area contributed by atoms with Gasteiger partial charge in [0.1, 0.15) is 22.8 Å². The van der Waals surface area contributed by atoms with Gasteiger partial charge in [0.25, 0.3) is 5.91 Å². The van der Waals surface area contributed by atoms with Crippen LogP contribution < -0.4 is 10.6 Å². The number of hydrogen-bond donors (Lipinski definition) is 5. The highest BCUT2D eigenvalue weighted by atomic mass is 16.4. The number of ketones is 2. The average molecular weight is 486 g/mol. The number of primary amides is 1. The maximum absolute atomic E-state index is 13.8. The summed E-state index contributed by atoms with van der Waals surface area (Å²) in [5, 5.41) is 45.3. The van der Waals surface area contributed by atoms with Gasteiger partial charge < -0.3 is 31.1 Å². The quantitative estimate of drug-likeness (QED) is 0.392. The fraction of sp³-hybridized carbons (Fsp3) is 0.480. The molecule has 1 aromatic rings. The minimum absolute atomic E-state index is 0.00194. The fourth-order valence-corrected chi connectivity index (χ4v) is 6.68. The van der Waals surface area contributed by atoms with Gasteiger partial charge in [-0.15, -0.1) is 0 Å². The summed E-state index contributed by atoms with van der Waals surface area (Å²) in [5.74, 6) is -4.97. The molecular weight excluding hydrogens is 454 g/mol. The second kappa shape index (κ2) is 7.32. The van der Waals surface area contributed by atoms with Crippen molar-refractivity contribution in [2.75, 3.05) is 33.1 Å². The van der Waals surface area contributed by atoms with E-state index in [9.17, 15) is 34.8 Å². The van der Waals surface area contributed by atoms with E-state index in [2.05, 4.69) is 0 Å². The number of anilines is 1. The Morgan fingerprint density at radius 3 is 2.20 bits per heavy atom. The minimum Gasteiger partial charge on any atom is -0.510 e. The van der Waals surface area contributed by atoms with Gasteiger partial charge >= 0.3 is 0 Å². The van der Waals surface area contributed by atoms with E-state index in [1.807, 2.05) is 0 Å². The minimum atomic E-state index is -2.71. The molecule has 35 heavy (non-hydrogen) atoms. The molecule has 0 spiro atoms. The number of rotatable bonds is 3. The van der Waals surface area contributed by atoms with Crippen molar-refractivity contribution in [2.24, 2.45) is 16.6 Å². The zero-order valence-corrected chi connectivity index (χ0v) is 20.6. The predicted octanol–water partition coefficient (Wildman–Crippen LogP) is 0.967. The largest absolute Gasteiger partial charge is 0.510 e. The van der Waals surface area contributed by atoms with Crippen LogP contribution in [0.1, 0.15) is 36.2 Å². The molecule has 0 aliphatic heterocycles. The molecule has 0 bridgehead atoms. The van der Waals surface area contributed by atoms with Crippen LogP contribution in [0.3, 0.4) is 0 Å². The molecule has 3 aliphatic carbocycles. The molecule has 4 atom stereocenters. The Balaban J connectivity index is 2.06. The van der Waals surface area contributed by atoms with Crippen LogP contribution >= 0.6 is 0 Å². The van der Waals surface area contributed by atoms with Crippen LogP contribution in [0, 0.1) is 10.8 Å². The molecule has 10 heteroatoms. The molecule has 6 N–H and O–H groups in total.